The third kappa shape index (κ3) is 3.01. The molecule has 28 heavy (non-hydrogen) atoms. The highest BCUT2D eigenvalue weighted by Crippen LogP contribution is 2.35. The first-order chi connectivity index (χ1) is 13.7. The zero-order valence-corrected chi connectivity index (χ0v) is 16.3. The van der Waals surface area contributed by atoms with Crippen molar-refractivity contribution in [1.82, 2.24) is 25.1 Å². The minimum atomic E-state index is -0.0885. The van der Waals surface area contributed by atoms with Gasteiger partial charge in [-0.2, -0.15) is 5.10 Å². The molecule has 7 nitrogen and oxygen atoms in total. The van der Waals surface area contributed by atoms with Crippen LogP contribution in [0.2, 0.25) is 0 Å². The molecule has 1 fully saturated rings. The summed E-state index contributed by atoms with van der Waals surface area (Å²) in [5, 5.41) is 8.50. The molecule has 1 aliphatic heterocycles. The van der Waals surface area contributed by atoms with E-state index in [1.54, 1.807) is 34.6 Å². The Morgan fingerprint density at radius 3 is 2.82 bits per heavy atom. The predicted octanol–water partition coefficient (Wildman–Crippen LogP) is 2.67. The molecule has 8 heteroatoms. The van der Waals surface area contributed by atoms with Gasteiger partial charge in [-0.3, -0.25) is 9.59 Å². The number of thiophene rings is 1. The van der Waals surface area contributed by atoms with Crippen molar-refractivity contribution in [2.24, 2.45) is 0 Å². The topological polar surface area (TPSA) is 91.8 Å². The number of nitrogens with zero attached hydrogens (tertiary/aromatic N) is 4. The maximum absolute atomic E-state index is 12.8. The molecule has 4 heterocycles. The lowest BCUT2D eigenvalue weighted by Gasteiger charge is -2.31. The maximum Gasteiger partial charge on any atom is 0.274 e. The fourth-order valence-electron chi connectivity index (χ4n) is 4.31. The minimum Gasteiger partial charge on any atom is -0.337 e. The Morgan fingerprint density at radius 2 is 2.04 bits per heavy atom. The minimum absolute atomic E-state index is 0.00235. The van der Waals surface area contributed by atoms with E-state index in [1.807, 2.05) is 0 Å². The summed E-state index contributed by atoms with van der Waals surface area (Å²) >= 11 is 1.68. The van der Waals surface area contributed by atoms with Gasteiger partial charge in [0.15, 0.2) is 5.69 Å². The number of piperidine rings is 1. The van der Waals surface area contributed by atoms with E-state index in [1.165, 1.54) is 16.9 Å². The number of carbonyl (C=O) groups is 1. The quantitative estimate of drug-likeness (QED) is 0.720. The van der Waals surface area contributed by atoms with Crippen molar-refractivity contribution < 1.29 is 4.79 Å². The lowest BCUT2D eigenvalue weighted by molar-refractivity contribution is 0.0704. The van der Waals surface area contributed by atoms with Crippen molar-refractivity contribution in [3.05, 3.63) is 50.6 Å². The van der Waals surface area contributed by atoms with Crippen molar-refractivity contribution in [3.63, 3.8) is 0 Å². The van der Waals surface area contributed by atoms with E-state index in [2.05, 4.69) is 15.2 Å². The van der Waals surface area contributed by atoms with E-state index < -0.39 is 0 Å². The lowest BCUT2D eigenvalue weighted by Crippen LogP contribution is -2.38. The molecule has 144 valence electrons. The summed E-state index contributed by atoms with van der Waals surface area (Å²) in [6.45, 7) is 1.26. The van der Waals surface area contributed by atoms with Gasteiger partial charge in [0.1, 0.15) is 10.7 Å². The zero-order chi connectivity index (χ0) is 19.1. The van der Waals surface area contributed by atoms with Crippen LogP contribution in [0.1, 0.15) is 58.4 Å². The van der Waals surface area contributed by atoms with Gasteiger partial charge in [-0.15, -0.1) is 16.4 Å². The average Bonchev–Trinajstić information content (AvgIpc) is 3.13. The van der Waals surface area contributed by atoms with E-state index in [0.717, 1.165) is 48.1 Å². The monoisotopic (exact) mass is 395 g/mol. The lowest BCUT2D eigenvalue weighted by atomic mass is 9.95. The highest BCUT2D eigenvalue weighted by atomic mass is 32.1. The normalized spacial score (nSPS) is 17.6. The van der Waals surface area contributed by atoms with E-state index in [9.17, 15) is 9.59 Å². The molecule has 0 spiro atoms. The second-order valence-electron chi connectivity index (χ2n) is 7.52. The van der Waals surface area contributed by atoms with E-state index in [4.69, 9.17) is 4.98 Å². The fourth-order valence-corrected chi connectivity index (χ4v) is 5.58. The number of likely N-dealkylation sites (tertiary alicyclic amines) is 1. The van der Waals surface area contributed by atoms with Crippen LogP contribution in [0.25, 0.3) is 10.2 Å². The first-order valence-corrected chi connectivity index (χ1v) is 10.6. The fraction of sp³-hybridized carbons (Fsp3) is 0.450. The number of nitrogens with one attached hydrogen (secondary N) is 1. The van der Waals surface area contributed by atoms with Gasteiger partial charge in [-0.05, 0) is 56.2 Å². The van der Waals surface area contributed by atoms with Crippen LogP contribution in [0.15, 0.2) is 23.1 Å². The number of hydrogen-bond acceptors (Lipinski definition) is 6. The number of H-pyrrole nitrogens is 1. The van der Waals surface area contributed by atoms with Gasteiger partial charge in [0.2, 0.25) is 0 Å². The number of aromatic amines is 1. The molecule has 0 radical (unpaired) electrons. The Balaban J connectivity index is 1.36. The molecule has 0 unspecified atom stereocenters. The molecule has 0 atom stereocenters. The van der Waals surface area contributed by atoms with Crippen LogP contribution >= 0.6 is 11.3 Å². The molecular weight excluding hydrogens is 374 g/mol. The number of carbonyl (C=O) groups excluding carboxylic acids is 1. The summed E-state index contributed by atoms with van der Waals surface area (Å²) in [5.41, 5.74) is 1.59. The van der Waals surface area contributed by atoms with Crippen molar-refractivity contribution in [3.8, 4) is 0 Å². The van der Waals surface area contributed by atoms with Crippen molar-refractivity contribution in [2.45, 2.75) is 44.4 Å². The summed E-state index contributed by atoms with van der Waals surface area (Å²) in [6, 6.07) is 3.41. The molecular formula is C20H21N5O2S. The van der Waals surface area contributed by atoms with Gasteiger partial charge in [-0.25, -0.2) is 4.98 Å². The first-order valence-electron chi connectivity index (χ1n) is 9.82. The molecule has 1 aliphatic carbocycles. The molecule has 3 aromatic rings. The molecule has 1 N–H and O–H groups in total. The van der Waals surface area contributed by atoms with Gasteiger partial charge in [0.25, 0.3) is 11.5 Å². The summed E-state index contributed by atoms with van der Waals surface area (Å²) in [7, 11) is 0. The SMILES string of the molecule is O=C(c1cccnn1)N1CCC(c2nc3sc4c(c3c(=O)[nH]2)CCCC4)CC1. The van der Waals surface area contributed by atoms with Crippen LogP contribution in [0, 0.1) is 0 Å². The van der Waals surface area contributed by atoms with Gasteiger partial charge in [0.05, 0.1) is 5.39 Å². The molecule has 2 aliphatic rings. The number of aromatic nitrogens is 4. The van der Waals surface area contributed by atoms with Gasteiger partial charge in [0, 0.05) is 30.1 Å². The molecule has 5 rings (SSSR count). The van der Waals surface area contributed by atoms with Gasteiger partial charge >= 0.3 is 0 Å². The second-order valence-corrected chi connectivity index (χ2v) is 8.60. The van der Waals surface area contributed by atoms with Gasteiger partial charge in [-0.1, -0.05) is 0 Å². The number of rotatable bonds is 2. The maximum atomic E-state index is 12.8. The molecule has 0 aromatic carbocycles. The highest BCUT2D eigenvalue weighted by molar-refractivity contribution is 7.18. The standard InChI is InChI=1S/C20H21N5O2S/c26-18-16-13-4-1-2-6-15(13)28-19(16)23-17(22-18)12-7-10-25(11-8-12)20(27)14-5-3-9-21-24-14/h3,5,9,12H,1-2,4,6-8,10-11H2,(H,22,23,26). The van der Waals surface area contributed by atoms with Crippen LogP contribution in [0.5, 0.6) is 0 Å². The number of hydrogen-bond donors (Lipinski definition) is 1. The van der Waals surface area contributed by atoms with Crippen LogP contribution < -0.4 is 5.56 Å². The number of amides is 1. The molecule has 1 amide bonds. The van der Waals surface area contributed by atoms with E-state index in [0.29, 0.717) is 18.8 Å². The summed E-state index contributed by atoms with van der Waals surface area (Å²) in [5.74, 6) is 0.847. The van der Waals surface area contributed by atoms with Crippen LogP contribution in [-0.2, 0) is 12.8 Å². The third-order valence-electron chi connectivity index (χ3n) is 5.80. The van der Waals surface area contributed by atoms with Crippen molar-refractivity contribution >= 4 is 27.5 Å². The van der Waals surface area contributed by atoms with Crippen LogP contribution in [-0.4, -0.2) is 44.1 Å². The van der Waals surface area contributed by atoms with Crippen LogP contribution in [0.3, 0.4) is 0 Å². The van der Waals surface area contributed by atoms with E-state index >= 15 is 0 Å². The smallest absolute Gasteiger partial charge is 0.274 e. The van der Waals surface area contributed by atoms with Crippen LogP contribution in [0.4, 0.5) is 0 Å². The molecule has 0 saturated carbocycles. The van der Waals surface area contributed by atoms with Crippen molar-refractivity contribution in [2.75, 3.05) is 13.1 Å². The van der Waals surface area contributed by atoms with E-state index in [-0.39, 0.29) is 17.4 Å². The van der Waals surface area contributed by atoms with Crippen molar-refractivity contribution in [1.29, 1.82) is 0 Å². The Kier molecular flexibility index (Phi) is 4.43. The molecule has 3 aromatic heterocycles. The Bertz CT molecular complexity index is 1080. The van der Waals surface area contributed by atoms with Gasteiger partial charge < -0.3 is 9.88 Å². The zero-order valence-electron chi connectivity index (χ0n) is 15.5. The highest BCUT2D eigenvalue weighted by Gasteiger charge is 2.28. The summed E-state index contributed by atoms with van der Waals surface area (Å²) in [6.07, 6.45) is 7.53. The average molecular weight is 395 g/mol. The Hall–Kier alpha value is -2.61. The molecule has 1 saturated heterocycles. The summed E-state index contributed by atoms with van der Waals surface area (Å²) < 4.78 is 0. The Morgan fingerprint density at radius 1 is 1.21 bits per heavy atom. The first kappa shape index (κ1) is 17.5. The third-order valence-corrected chi connectivity index (χ3v) is 6.99. The Labute approximate surface area is 165 Å². The largest absolute Gasteiger partial charge is 0.337 e. The molecule has 0 bridgehead atoms. The number of aryl methyl sites for hydroxylation is 2. The predicted molar refractivity (Wildman–Crippen MR) is 107 cm³/mol. The second kappa shape index (κ2) is 7.09. The number of fused-ring (bicyclic) bond motifs is 3. The summed E-state index contributed by atoms with van der Waals surface area (Å²) in [4.78, 5) is 37.2.